The summed E-state index contributed by atoms with van der Waals surface area (Å²) in [5.41, 5.74) is 1.70. The van der Waals surface area contributed by atoms with E-state index in [1.807, 2.05) is 24.3 Å². The number of hydrogen-bond donors (Lipinski definition) is 2. The number of nitrogens with one attached hydrogen (secondary N) is 2. The molecule has 6 nitrogen and oxygen atoms in total. The number of hydrogen-bond acceptors (Lipinski definition) is 3. The average molecular weight is 480 g/mol. The van der Waals surface area contributed by atoms with Crippen molar-refractivity contribution in [3.8, 4) is 0 Å². The van der Waals surface area contributed by atoms with E-state index in [4.69, 9.17) is 0 Å². The summed E-state index contributed by atoms with van der Waals surface area (Å²) in [5.74, 6) is -1.10. The number of para-hydroxylation sites is 1. The van der Waals surface area contributed by atoms with Crippen molar-refractivity contribution in [1.29, 1.82) is 0 Å². The molecule has 7 heteroatoms. The fourth-order valence-corrected chi connectivity index (χ4v) is 3.39. The molecule has 3 amide bonds. The van der Waals surface area contributed by atoms with E-state index in [1.54, 1.807) is 60.7 Å². The molecule has 2 N–H and O–H groups in total. The smallest absolute Gasteiger partial charge is 0.252 e. The molecule has 0 heterocycles. The van der Waals surface area contributed by atoms with Gasteiger partial charge in [0.25, 0.3) is 5.91 Å². The molecule has 3 aromatic rings. The molecule has 0 saturated heterocycles. The van der Waals surface area contributed by atoms with Crippen LogP contribution in [0.3, 0.4) is 0 Å². The van der Waals surface area contributed by atoms with E-state index in [-0.39, 0.29) is 18.4 Å². The van der Waals surface area contributed by atoms with Crippen LogP contribution in [0.4, 0.5) is 5.69 Å². The van der Waals surface area contributed by atoms with Crippen LogP contribution in [0.15, 0.2) is 89.4 Å². The molecule has 0 bridgehead atoms. The van der Waals surface area contributed by atoms with Crippen molar-refractivity contribution in [2.45, 2.75) is 6.04 Å². The third-order valence-corrected chi connectivity index (χ3v) is 5.29. The number of benzene rings is 3. The lowest BCUT2D eigenvalue weighted by molar-refractivity contribution is -0.135. The summed E-state index contributed by atoms with van der Waals surface area (Å²) in [4.78, 5) is 39.6. The van der Waals surface area contributed by atoms with Gasteiger partial charge < -0.3 is 15.5 Å². The van der Waals surface area contributed by atoms with E-state index in [9.17, 15) is 14.4 Å². The molecule has 0 saturated carbocycles. The van der Waals surface area contributed by atoms with Gasteiger partial charge in [0.05, 0.1) is 12.2 Å². The van der Waals surface area contributed by atoms with Gasteiger partial charge in [0.15, 0.2) is 0 Å². The third kappa shape index (κ3) is 6.02. The van der Waals surface area contributed by atoms with Crippen molar-refractivity contribution >= 4 is 39.3 Å². The lowest BCUT2D eigenvalue weighted by Crippen LogP contribution is -2.44. The highest BCUT2D eigenvalue weighted by molar-refractivity contribution is 9.10. The van der Waals surface area contributed by atoms with Gasteiger partial charge in [-0.05, 0) is 45.8 Å². The number of anilines is 1. The summed E-state index contributed by atoms with van der Waals surface area (Å²) >= 11 is 3.38. The number of rotatable bonds is 7. The highest BCUT2D eigenvalue weighted by Gasteiger charge is 2.27. The Morgan fingerprint density at radius 3 is 2.10 bits per heavy atom. The molecule has 1 unspecified atom stereocenters. The fourth-order valence-electron chi connectivity index (χ4n) is 3.00. The second-order valence-electron chi connectivity index (χ2n) is 6.91. The van der Waals surface area contributed by atoms with Gasteiger partial charge in [-0.15, -0.1) is 0 Å². The van der Waals surface area contributed by atoms with Crippen molar-refractivity contribution in [3.63, 3.8) is 0 Å². The van der Waals surface area contributed by atoms with Crippen molar-refractivity contribution in [1.82, 2.24) is 10.2 Å². The SMILES string of the molecule is CN(CC(=O)Nc1ccccc1Br)C(=O)C(NC(=O)c1ccccc1)c1ccccc1. The minimum absolute atomic E-state index is 0.162. The standard InChI is InChI=1S/C24H22BrN3O3/c1-28(16-21(29)26-20-15-9-8-14-19(20)25)24(31)22(17-10-4-2-5-11-17)27-23(30)18-12-6-3-7-13-18/h2-15,22H,16H2,1H3,(H,26,29)(H,27,30). The van der Waals surface area contributed by atoms with Gasteiger partial charge >= 0.3 is 0 Å². The van der Waals surface area contributed by atoms with Crippen molar-refractivity contribution < 1.29 is 14.4 Å². The van der Waals surface area contributed by atoms with Crippen molar-refractivity contribution in [2.24, 2.45) is 0 Å². The van der Waals surface area contributed by atoms with Crippen LogP contribution in [-0.4, -0.2) is 36.2 Å². The summed E-state index contributed by atoms with van der Waals surface area (Å²) in [5, 5.41) is 5.57. The van der Waals surface area contributed by atoms with E-state index in [1.165, 1.54) is 11.9 Å². The Morgan fingerprint density at radius 2 is 1.45 bits per heavy atom. The highest BCUT2D eigenvalue weighted by Crippen LogP contribution is 2.21. The van der Waals surface area contributed by atoms with Crippen LogP contribution in [-0.2, 0) is 9.59 Å². The number of amides is 3. The molecule has 0 aliphatic rings. The Kier molecular flexibility index (Phi) is 7.56. The maximum atomic E-state index is 13.2. The number of carbonyl (C=O) groups is 3. The predicted molar refractivity (Wildman–Crippen MR) is 123 cm³/mol. The van der Waals surface area contributed by atoms with Gasteiger partial charge in [0, 0.05) is 17.1 Å². The molecule has 0 aromatic heterocycles. The van der Waals surface area contributed by atoms with Gasteiger partial charge in [-0.25, -0.2) is 0 Å². The number of nitrogens with zero attached hydrogens (tertiary/aromatic N) is 1. The monoisotopic (exact) mass is 479 g/mol. The van der Waals surface area contributed by atoms with Crippen LogP contribution in [0, 0.1) is 0 Å². The second kappa shape index (κ2) is 10.5. The lowest BCUT2D eigenvalue weighted by atomic mass is 10.0. The highest BCUT2D eigenvalue weighted by atomic mass is 79.9. The first kappa shape index (κ1) is 22.2. The molecule has 1 atom stereocenters. The van der Waals surface area contributed by atoms with Gasteiger partial charge in [-0.3, -0.25) is 14.4 Å². The van der Waals surface area contributed by atoms with Crippen LogP contribution in [0.25, 0.3) is 0 Å². The normalized spacial score (nSPS) is 11.3. The third-order valence-electron chi connectivity index (χ3n) is 4.60. The minimum atomic E-state index is -0.921. The molecule has 0 aliphatic heterocycles. The fraction of sp³-hybridized carbons (Fsp3) is 0.125. The Bertz CT molecular complexity index is 1060. The Balaban J connectivity index is 1.73. The molecule has 0 radical (unpaired) electrons. The van der Waals surface area contributed by atoms with Crippen molar-refractivity contribution in [3.05, 3.63) is 101 Å². The Hall–Kier alpha value is -3.45. The van der Waals surface area contributed by atoms with Crippen molar-refractivity contribution in [2.75, 3.05) is 18.9 Å². The van der Waals surface area contributed by atoms with E-state index in [0.717, 1.165) is 4.47 Å². The first-order chi connectivity index (χ1) is 15.0. The second-order valence-corrected chi connectivity index (χ2v) is 7.76. The molecule has 0 aliphatic carbocycles. The van der Waals surface area contributed by atoms with E-state index < -0.39 is 11.9 Å². The summed E-state index contributed by atoms with van der Waals surface area (Å²) < 4.78 is 0.745. The molecular weight excluding hydrogens is 458 g/mol. The summed E-state index contributed by atoms with van der Waals surface area (Å²) in [6.45, 7) is -0.162. The summed E-state index contributed by atoms with van der Waals surface area (Å²) in [6.07, 6.45) is 0. The van der Waals surface area contributed by atoms with Crippen LogP contribution in [0.1, 0.15) is 22.0 Å². The zero-order chi connectivity index (χ0) is 22.2. The summed E-state index contributed by atoms with van der Waals surface area (Å²) in [7, 11) is 1.53. The first-order valence-electron chi connectivity index (χ1n) is 9.66. The lowest BCUT2D eigenvalue weighted by Gasteiger charge is -2.25. The molecular formula is C24H22BrN3O3. The molecule has 3 aromatic carbocycles. The maximum absolute atomic E-state index is 13.2. The predicted octanol–water partition coefficient (Wildman–Crippen LogP) is 4.02. The minimum Gasteiger partial charge on any atom is -0.336 e. The van der Waals surface area contributed by atoms with Crippen LogP contribution in [0.2, 0.25) is 0 Å². The van der Waals surface area contributed by atoms with E-state index >= 15 is 0 Å². The zero-order valence-corrected chi connectivity index (χ0v) is 18.5. The van der Waals surface area contributed by atoms with Gasteiger partial charge in [0.2, 0.25) is 11.8 Å². The molecule has 158 valence electrons. The Labute approximate surface area is 189 Å². The van der Waals surface area contributed by atoms with E-state index in [0.29, 0.717) is 16.8 Å². The molecule has 0 fully saturated rings. The van der Waals surface area contributed by atoms with Crippen LogP contribution < -0.4 is 10.6 Å². The topological polar surface area (TPSA) is 78.5 Å². The van der Waals surface area contributed by atoms with Crippen LogP contribution in [0.5, 0.6) is 0 Å². The van der Waals surface area contributed by atoms with E-state index in [2.05, 4.69) is 26.6 Å². The maximum Gasteiger partial charge on any atom is 0.252 e. The zero-order valence-electron chi connectivity index (χ0n) is 16.9. The van der Waals surface area contributed by atoms with Crippen LogP contribution >= 0.6 is 15.9 Å². The average Bonchev–Trinajstić information content (AvgIpc) is 2.79. The Morgan fingerprint density at radius 1 is 0.871 bits per heavy atom. The first-order valence-corrected chi connectivity index (χ1v) is 10.4. The van der Waals surface area contributed by atoms with Gasteiger partial charge in [-0.2, -0.15) is 0 Å². The van der Waals surface area contributed by atoms with Gasteiger partial charge in [-0.1, -0.05) is 60.7 Å². The number of carbonyl (C=O) groups excluding carboxylic acids is 3. The molecule has 0 spiro atoms. The number of halogens is 1. The number of likely N-dealkylation sites (N-methyl/N-ethyl adjacent to an activating group) is 1. The largest absolute Gasteiger partial charge is 0.336 e. The molecule has 3 rings (SSSR count). The summed E-state index contributed by atoms with van der Waals surface area (Å²) in [6, 6.07) is 23.9. The van der Waals surface area contributed by atoms with Gasteiger partial charge in [0.1, 0.15) is 6.04 Å². The molecule has 31 heavy (non-hydrogen) atoms. The quantitative estimate of drug-likeness (QED) is 0.537.